The van der Waals surface area contributed by atoms with E-state index < -0.39 is 14.1 Å². The van der Waals surface area contributed by atoms with Crippen LogP contribution in [0.4, 0.5) is 8.39 Å². The zero-order chi connectivity index (χ0) is 10.2. The molecule has 0 heterocycles. The van der Waals surface area contributed by atoms with Gasteiger partial charge in [-0.05, 0) is 6.42 Å². The van der Waals surface area contributed by atoms with Gasteiger partial charge >= 0.3 is 7.99 Å². The Labute approximate surface area is 69.7 Å². The SMILES string of the molecule is C=CCC(O)C=C.O=P(O)(F)F. The molecule has 0 aliphatic carbocycles. The topological polar surface area (TPSA) is 57.5 Å². The van der Waals surface area contributed by atoms with E-state index in [0.29, 0.717) is 6.42 Å². The van der Waals surface area contributed by atoms with Crippen LogP contribution in [-0.2, 0) is 4.57 Å². The summed E-state index contributed by atoms with van der Waals surface area (Å²) in [5.74, 6) is 0. The van der Waals surface area contributed by atoms with Crippen LogP contribution in [0.25, 0.3) is 0 Å². The number of hydrogen-bond donors (Lipinski definition) is 2. The largest absolute Gasteiger partial charge is 0.549 e. The van der Waals surface area contributed by atoms with Gasteiger partial charge in [-0.15, -0.1) is 21.6 Å². The predicted molar refractivity (Wildman–Crippen MR) is 43.1 cm³/mol. The quantitative estimate of drug-likeness (QED) is 0.542. The first-order chi connectivity index (χ1) is 5.31. The summed E-state index contributed by atoms with van der Waals surface area (Å²) < 4.78 is 28.7. The van der Waals surface area contributed by atoms with E-state index in [9.17, 15) is 8.39 Å². The Morgan fingerprint density at radius 3 is 1.92 bits per heavy atom. The second kappa shape index (κ2) is 7.16. The third-order valence-corrected chi connectivity index (χ3v) is 0.680. The molecule has 0 bridgehead atoms. The molecule has 72 valence electrons. The highest BCUT2D eigenvalue weighted by molar-refractivity contribution is 7.46. The van der Waals surface area contributed by atoms with Gasteiger partial charge in [0, 0.05) is 0 Å². The van der Waals surface area contributed by atoms with Crippen molar-refractivity contribution in [2.45, 2.75) is 12.5 Å². The van der Waals surface area contributed by atoms with Crippen molar-refractivity contribution in [1.29, 1.82) is 0 Å². The molecule has 1 atom stereocenters. The highest BCUT2D eigenvalue weighted by Crippen LogP contribution is 2.43. The van der Waals surface area contributed by atoms with E-state index >= 15 is 0 Å². The highest BCUT2D eigenvalue weighted by Gasteiger charge is 2.09. The lowest BCUT2D eigenvalue weighted by molar-refractivity contribution is 0.227. The lowest BCUT2D eigenvalue weighted by atomic mass is 10.2. The number of hydrogen-bond acceptors (Lipinski definition) is 2. The van der Waals surface area contributed by atoms with Gasteiger partial charge in [-0.2, -0.15) is 0 Å². The molecule has 0 aliphatic rings. The molecule has 0 aromatic rings. The molecule has 0 saturated carbocycles. The van der Waals surface area contributed by atoms with Gasteiger partial charge in [0.1, 0.15) is 0 Å². The molecule has 12 heavy (non-hydrogen) atoms. The fourth-order valence-electron chi connectivity index (χ4n) is 0.267. The average molecular weight is 200 g/mol. The maximum atomic E-state index is 10.1. The van der Waals surface area contributed by atoms with Crippen molar-refractivity contribution in [3.05, 3.63) is 25.3 Å². The first kappa shape index (κ1) is 14.0. The molecule has 0 spiro atoms. The van der Waals surface area contributed by atoms with Gasteiger partial charge in [-0.3, -0.25) is 4.89 Å². The van der Waals surface area contributed by atoms with Crippen molar-refractivity contribution >= 4 is 7.99 Å². The molecule has 1 unspecified atom stereocenters. The van der Waals surface area contributed by atoms with Crippen molar-refractivity contribution in [3.8, 4) is 0 Å². The van der Waals surface area contributed by atoms with E-state index in [1.54, 1.807) is 6.08 Å². The molecule has 0 rings (SSSR count). The van der Waals surface area contributed by atoms with Gasteiger partial charge in [0.2, 0.25) is 0 Å². The number of rotatable bonds is 3. The number of halogens is 2. The van der Waals surface area contributed by atoms with Crippen LogP contribution in [0.15, 0.2) is 25.3 Å². The van der Waals surface area contributed by atoms with E-state index in [1.807, 2.05) is 0 Å². The minimum absolute atomic E-state index is 0.405. The maximum Gasteiger partial charge on any atom is 0.549 e. The lowest BCUT2D eigenvalue weighted by Gasteiger charge is -1.95. The minimum Gasteiger partial charge on any atom is -0.389 e. The number of aliphatic hydroxyl groups is 1. The summed E-state index contributed by atoms with van der Waals surface area (Å²) in [6.07, 6.45) is 3.34. The fourth-order valence-corrected chi connectivity index (χ4v) is 0.267. The van der Waals surface area contributed by atoms with Crippen LogP contribution in [0.2, 0.25) is 0 Å². The second-order valence-corrected chi connectivity index (χ2v) is 2.63. The Morgan fingerprint density at radius 1 is 1.50 bits per heavy atom. The number of aliphatic hydroxyl groups excluding tert-OH is 1. The van der Waals surface area contributed by atoms with Crippen LogP contribution < -0.4 is 0 Å². The molecule has 2 N–H and O–H groups in total. The van der Waals surface area contributed by atoms with Crippen molar-refractivity contribution < 1.29 is 23.0 Å². The van der Waals surface area contributed by atoms with Crippen LogP contribution in [0.5, 0.6) is 0 Å². The van der Waals surface area contributed by atoms with E-state index in [4.69, 9.17) is 14.6 Å². The van der Waals surface area contributed by atoms with Gasteiger partial charge in [0.15, 0.2) is 0 Å². The Kier molecular flexibility index (Phi) is 8.37. The first-order valence-corrected chi connectivity index (χ1v) is 4.39. The van der Waals surface area contributed by atoms with E-state index in [1.165, 1.54) is 6.08 Å². The van der Waals surface area contributed by atoms with Crippen LogP contribution in [0.1, 0.15) is 6.42 Å². The standard InChI is InChI=1S/C6H10O.F2HO2P/c1-3-5-6(7)4-2;1-5(2,3)4/h3-4,6-7H,1-2,5H2;(H,3,4). The van der Waals surface area contributed by atoms with Crippen LogP contribution in [0, 0.1) is 0 Å². The molecule has 0 aliphatic heterocycles. The monoisotopic (exact) mass is 200 g/mol. The van der Waals surface area contributed by atoms with Gasteiger partial charge in [-0.1, -0.05) is 12.2 Å². The Hall–Kier alpha value is -0.510. The summed E-state index contributed by atoms with van der Waals surface area (Å²) in [7, 11) is -5.64. The molecule has 0 saturated heterocycles. The first-order valence-electron chi connectivity index (χ1n) is 2.95. The van der Waals surface area contributed by atoms with Gasteiger partial charge in [0.05, 0.1) is 6.10 Å². The molecule has 0 aromatic heterocycles. The van der Waals surface area contributed by atoms with Gasteiger partial charge in [-0.25, -0.2) is 4.57 Å². The smallest absolute Gasteiger partial charge is 0.389 e. The zero-order valence-corrected chi connectivity index (χ0v) is 7.25. The molecular weight excluding hydrogens is 189 g/mol. The Balaban J connectivity index is 0. The molecule has 6 heteroatoms. The molecule has 0 radical (unpaired) electrons. The summed E-state index contributed by atoms with van der Waals surface area (Å²) in [5.41, 5.74) is 0. The second-order valence-electron chi connectivity index (χ2n) is 1.76. The molecule has 0 fully saturated rings. The van der Waals surface area contributed by atoms with Gasteiger partial charge < -0.3 is 5.11 Å². The summed E-state index contributed by atoms with van der Waals surface area (Å²) in [4.78, 5) is 6.74. The van der Waals surface area contributed by atoms with Crippen LogP contribution in [-0.4, -0.2) is 16.1 Å². The summed E-state index contributed by atoms with van der Waals surface area (Å²) in [6.45, 7) is 6.82. The third kappa shape index (κ3) is 33.9. The normalized spacial score (nSPS) is 12.3. The highest BCUT2D eigenvalue weighted by atomic mass is 31.2. The summed E-state index contributed by atoms with van der Waals surface area (Å²) >= 11 is 0. The third-order valence-electron chi connectivity index (χ3n) is 0.680. The maximum absolute atomic E-state index is 10.1. The molecule has 3 nitrogen and oxygen atoms in total. The van der Waals surface area contributed by atoms with E-state index in [0.717, 1.165) is 0 Å². The van der Waals surface area contributed by atoms with Crippen LogP contribution >= 0.6 is 7.99 Å². The summed E-state index contributed by atoms with van der Waals surface area (Å²) in [5, 5.41) is 8.67. The lowest BCUT2D eigenvalue weighted by Crippen LogP contribution is -1.96. The van der Waals surface area contributed by atoms with E-state index in [-0.39, 0.29) is 0 Å². The molecule has 0 amide bonds. The van der Waals surface area contributed by atoms with Crippen molar-refractivity contribution in [3.63, 3.8) is 0 Å². The summed E-state index contributed by atoms with van der Waals surface area (Å²) in [6, 6.07) is 0. The fraction of sp³-hybridized carbons (Fsp3) is 0.333. The minimum atomic E-state index is -5.64. The van der Waals surface area contributed by atoms with E-state index in [2.05, 4.69) is 13.2 Å². The van der Waals surface area contributed by atoms with Gasteiger partial charge in [0.25, 0.3) is 0 Å². The van der Waals surface area contributed by atoms with Crippen LogP contribution in [0.3, 0.4) is 0 Å². The predicted octanol–water partition coefficient (Wildman–Crippen LogP) is 2.14. The van der Waals surface area contributed by atoms with Crippen molar-refractivity contribution in [2.75, 3.05) is 0 Å². The molecule has 0 aromatic carbocycles. The zero-order valence-electron chi connectivity index (χ0n) is 6.36. The van der Waals surface area contributed by atoms with Crippen molar-refractivity contribution in [2.24, 2.45) is 0 Å². The Bertz CT molecular complexity index is 169. The van der Waals surface area contributed by atoms with Crippen molar-refractivity contribution in [1.82, 2.24) is 0 Å². The average Bonchev–Trinajstić information content (AvgIpc) is 1.85. The Morgan fingerprint density at radius 2 is 1.83 bits per heavy atom. The molecular formula is C6H11F2O3P.